The summed E-state index contributed by atoms with van der Waals surface area (Å²) in [5, 5.41) is 9.25. The molecule has 3 fully saturated rings. The number of rotatable bonds is 2. The number of Topliss-reactive ketones (excluding diaryl/α,β-unsaturated/α-hetero) is 1. The first kappa shape index (κ1) is 9.12. The fraction of sp³-hybridized carbons (Fsp3) is 0.889. The van der Waals surface area contributed by atoms with Crippen molar-refractivity contribution in [3.05, 3.63) is 0 Å². The van der Waals surface area contributed by atoms with E-state index < -0.39 is 5.72 Å². The zero-order valence-corrected chi connectivity index (χ0v) is 7.82. The number of piperidine rings is 3. The number of ether oxygens (including phenoxy) is 1. The van der Waals surface area contributed by atoms with Crippen LogP contribution >= 0.6 is 0 Å². The minimum absolute atomic E-state index is 0.0648. The minimum atomic E-state index is -1.01. The number of hydrogen-bond acceptors (Lipinski definition) is 4. The predicted molar refractivity (Wildman–Crippen MR) is 46.1 cm³/mol. The molecule has 1 atom stereocenters. The summed E-state index contributed by atoms with van der Waals surface area (Å²) in [6, 6.07) is 0. The van der Waals surface area contributed by atoms with Crippen LogP contribution in [0.4, 0.5) is 0 Å². The molecule has 0 aromatic carbocycles. The second-order valence-corrected chi connectivity index (χ2v) is 3.77. The summed E-state index contributed by atoms with van der Waals surface area (Å²) in [5.41, 5.74) is -1.01. The van der Waals surface area contributed by atoms with Crippen LogP contribution in [0.5, 0.6) is 0 Å². The number of aliphatic hydroxyl groups excluding tert-OH is 1. The van der Waals surface area contributed by atoms with E-state index in [-0.39, 0.29) is 18.3 Å². The Labute approximate surface area is 77.5 Å². The normalized spacial score (nSPS) is 44.0. The van der Waals surface area contributed by atoms with Gasteiger partial charge in [-0.1, -0.05) is 0 Å². The molecule has 1 unspecified atom stereocenters. The summed E-state index contributed by atoms with van der Waals surface area (Å²) in [4.78, 5) is 13.8. The van der Waals surface area contributed by atoms with Crippen LogP contribution in [0.3, 0.4) is 0 Å². The summed E-state index contributed by atoms with van der Waals surface area (Å²) in [6.07, 6.45) is 1.84. The van der Waals surface area contributed by atoms with Crippen molar-refractivity contribution in [2.75, 3.05) is 26.8 Å². The van der Waals surface area contributed by atoms with Crippen molar-refractivity contribution >= 4 is 5.78 Å². The maximum absolute atomic E-state index is 11.8. The Hall–Kier alpha value is -0.450. The number of fused-ring (bicyclic) bond motifs is 3. The molecule has 0 radical (unpaired) electrons. The van der Waals surface area contributed by atoms with E-state index in [1.165, 1.54) is 7.11 Å². The van der Waals surface area contributed by atoms with Crippen LogP contribution in [-0.4, -0.2) is 48.3 Å². The van der Waals surface area contributed by atoms with Gasteiger partial charge in [-0.05, 0) is 12.8 Å². The Kier molecular flexibility index (Phi) is 2.14. The third-order valence-electron chi connectivity index (χ3n) is 3.31. The molecule has 3 rings (SSSR count). The van der Waals surface area contributed by atoms with E-state index in [9.17, 15) is 9.90 Å². The number of hydrogen-bond donors (Lipinski definition) is 1. The van der Waals surface area contributed by atoms with Gasteiger partial charge in [0.05, 0.1) is 6.61 Å². The molecule has 3 aliphatic heterocycles. The first-order valence-corrected chi connectivity index (χ1v) is 4.70. The second-order valence-electron chi connectivity index (χ2n) is 3.77. The van der Waals surface area contributed by atoms with Gasteiger partial charge in [0.2, 0.25) is 5.72 Å². The molecular formula is C9H15NO3. The third-order valence-corrected chi connectivity index (χ3v) is 3.31. The molecule has 0 aliphatic carbocycles. The molecule has 0 amide bonds. The Balaban J connectivity index is 2.31. The smallest absolute Gasteiger partial charge is 0.204 e. The van der Waals surface area contributed by atoms with Gasteiger partial charge in [-0.25, -0.2) is 0 Å². The second kappa shape index (κ2) is 3.04. The average molecular weight is 185 g/mol. The van der Waals surface area contributed by atoms with Gasteiger partial charge in [0, 0.05) is 26.1 Å². The monoisotopic (exact) mass is 185 g/mol. The number of nitrogens with zero attached hydrogens (tertiary/aromatic N) is 1. The highest BCUT2D eigenvalue weighted by atomic mass is 16.5. The summed E-state index contributed by atoms with van der Waals surface area (Å²) < 4.78 is 5.20. The highest BCUT2D eigenvalue weighted by Crippen LogP contribution is 2.36. The summed E-state index contributed by atoms with van der Waals surface area (Å²) in [5.74, 6) is 0.173. The van der Waals surface area contributed by atoms with E-state index in [0.29, 0.717) is 0 Å². The van der Waals surface area contributed by atoms with E-state index in [4.69, 9.17) is 4.74 Å². The summed E-state index contributed by atoms with van der Waals surface area (Å²) in [6.45, 7) is 1.51. The zero-order chi connectivity index (χ0) is 9.47. The Bertz CT molecular complexity index is 217. The van der Waals surface area contributed by atoms with Gasteiger partial charge in [0.1, 0.15) is 0 Å². The van der Waals surface area contributed by atoms with Crippen LogP contribution in [-0.2, 0) is 9.53 Å². The molecule has 0 spiro atoms. The molecule has 3 heterocycles. The van der Waals surface area contributed by atoms with Crippen molar-refractivity contribution in [2.45, 2.75) is 18.6 Å². The molecule has 3 saturated heterocycles. The summed E-state index contributed by atoms with van der Waals surface area (Å²) in [7, 11) is 1.49. The van der Waals surface area contributed by atoms with Crippen LogP contribution in [0.2, 0.25) is 0 Å². The first-order valence-electron chi connectivity index (χ1n) is 4.70. The Morgan fingerprint density at radius 3 is 2.54 bits per heavy atom. The molecule has 74 valence electrons. The molecule has 0 aromatic rings. The number of carbonyl (C=O) groups is 1. The highest BCUT2D eigenvalue weighted by Gasteiger charge is 2.53. The summed E-state index contributed by atoms with van der Waals surface area (Å²) >= 11 is 0. The highest BCUT2D eigenvalue weighted by molar-refractivity contribution is 5.90. The van der Waals surface area contributed by atoms with Crippen LogP contribution in [0, 0.1) is 5.92 Å². The lowest BCUT2D eigenvalue weighted by Crippen LogP contribution is -2.67. The minimum Gasteiger partial charge on any atom is -0.391 e. The molecule has 1 N–H and O–H groups in total. The number of methoxy groups -OCH3 is 1. The van der Waals surface area contributed by atoms with Crippen molar-refractivity contribution in [1.82, 2.24) is 4.90 Å². The number of aliphatic hydroxyl groups is 1. The van der Waals surface area contributed by atoms with Gasteiger partial charge >= 0.3 is 0 Å². The van der Waals surface area contributed by atoms with Crippen molar-refractivity contribution in [2.24, 2.45) is 5.92 Å². The average Bonchev–Trinajstić information content (AvgIpc) is 2.21. The van der Waals surface area contributed by atoms with Crippen LogP contribution < -0.4 is 0 Å². The fourth-order valence-corrected chi connectivity index (χ4v) is 2.45. The predicted octanol–water partition coefficient (Wildman–Crippen LogP) is -0.384. The Morgan fingerprint density at radius 1 is 1.62 bits per heavy atom. The van der Waals surface area contributed by atoms with E-state index in [2.05, 4.69) is 0 Å². The first-order chi connectivity index (χ1) is 6.24. The fourth-order valence-electron chi connectivity index (χ4n) is 2.45. The quantitative estimate of drug-likeness (QED) is 0.637. The maximum Gasteiger partial charge on any atom is 0.204 e. The zero-order valence-electron chi connectivity index (χ0n) is 7.82. The Morgan fingerprint density at radius 2 is 2.23 bits per heavy atom. The lowest BCUT2D eigenvalue weighted by atomic mass is 9.80. The molecule has 13 heavy (non-hydrogen) atoms. The van der Waals surface area contributed by atoms with Crippen molar-refractivity contribution < 1.29 is 14.6 Å². The van der Waals surface area contributed by atoms with E-state index >= 15 is 0 Å². The number of ketones is 1. The lowest BCUT2D eigenvalue weighted by Gasteiger charge is -2.50. The van der Waals surface area contributed by atoms with Gasteiger partial charge < -0.3 is 9.84 Å². The number of carbonyl (C=O) groups excluding carboxylic acids is 1. The van der Waals surface area contributed by atoms with Crippen LogP contribution in [0.1, 0.15) is 12.8 Å². The van der Waals surface area contributed by atoms with Crippen molar-refractivity contribution in [3.8, 4) is 0 Å². The molecule has 4 nitrogen and oxygen atoms in total. The largest absolute Gasteiger partial charge is 0.391 e. The lowest BCUT2D eigenvalue weighted by molar-refractivity contribution is -0.206. The van der Waals surface area contributed by atoms with Crippen LogP contribution in [0.15, 0.2) is 0 Å². The van der Waals surface area contributed by atoms with Gasteiger partial charge in [-0.3, -0.25) is 9.69 Å². The van der Waals surface area contributed by atoms with Crippen molar-refractivity contribution in [3.63, 3.8) is 0 Å². The molecule has 0 saturated carbocycles. The molecule has 4 heteroatoms. The SMILES string of the molecule is COC1(CO)C(=O)C2CCN1CC2. The topological polar surface area (TPSA) is 49.8 Å². The standard InChI is InChI=1S/C9H15NO3/c1-13-9(6-11)8(12)7-2-4-10(9)5-3-7/h7,11H,2-6H2,1H3. The van der Waals surface area contributed by atoms with E-state index in [1.807, 2.05) is 4.90 Å². The van der Waals surface area contributed by atoms with Crippen LogP contribution in [0.25, 0.3) is 0 Å². The van der Waals surface area contributed by atoms with E-state index in [1.54, 1.807) is 0 Å². The molecule has 2 bridgehead atoms. The molecule has 0 aromatic heterocycles. The molecular weight excluding hydrogens is 170 g/mol. The molecule has 3 aliphatic rings. The van der Waals surface area contributed by atoms with Gasteiger partial charge in [0.15, 0.2) is 5.78 Å². The van der Waals surface area contributed by atoms with Gasteiger partial charge in [-0.2, -0.15) is 0 Å². The maximum atomic E-state index is 11.8. The van der Waals surface area contributed by atoms with Gasteiger partial charge in [0.25, 0.3) is 0 Å². The van der Waals surface area contributed by atoms with Crippen molar-refractivity contribution in [1.29, 1.82) is 0 Å². The van der Waals surface area contributed by atoms with Gasteiger partial charge in [-0.15, -0.1) is 0 Å². The third kappa shape index (κ3) is 1.06. The van der Waals surface area contributed by atoms with E-state index in [0.717, 1.165) is 25.9 Å².